The van der Waals surface area contributed by atoms with E-state index < -0.39 is 0 Å². The molecule has 0 N–H and O–H groups in total. The number of hydrogen-bond acceptors (Lipinski definition) is 5. The molecule has 24 heavy (non-hydrogen) atoms. The fourth-order valence-corrected chi connectivity index (χ4v) is 4.43. The van der Waals surface area contributed by atoms with Gasteiger partial charge in [-0.1, -0.05) is 19.1 Å². The van der Waals surface area contributed by atoms with Crippen molar-refractivity contribution in [2.45, 2.75) is 38.3 Å². The zero-order chi connectivity index (χ0) is 16.8. The molecule has 0 unspecified atom stereocenters. The highest BCUT2D eigenvalue weighted by molar-refractivity contribution is 7.99. The Bertz CT molecular complexity index is 624. The smallest absolute Gasteiger partial charge is 0.0897 e. The molecular weight excluding hydrogens is 334 g/mol. The lowest BCUT2D eigenvalue weighted by molar-refractivity contribution is 0.246. The van der Waals surface area contributed by atoms with Gasteiger partial charge in [0, 0.05) is 36.5 Å². The molecule has 1 aliphatic rings. The molecule has 1 fully saturated rings. The van der Waals surface area contributed by atoms with Gasteiger partial charge in [0.15, 0.2) is 0 Å². The molecule has 130 valence electrons. The minimum Gasteiger partial charge on any atom is -0.298 e. The Morgan fingerprint density at radius 1 is 1.04 bits per heavy atom. The number of hydrogen-bond donors (Lipinski definition) is 0. The molecule has 0 atom stereocenters. The summed E-state index contributed by atoms with van der Waals surface area (Å²) in [5, 5.41) is 3.37. The number of aryl methyl sites for hydroxylation is 1. The molecule has 2 aromatic rings. The van der Waals surface area contributed by atoms with Crippen LogP contribution in [0.5, 0.6) is 0 Å². The molecule has 0 amide bonds. The largest absolute Gasteiger partial charge is 0.298 e. The molecule has 0 bridgehead atoms. The van der Waals surface area contributed by atoms with Gasteiger partial charge < -0.3 is 0 Å². The highest BCUT2D eigenvalue weighted by Gasteiger charge is 2.16. The molecule has 3 nitrogen and oxygen atoms in total. The minimum absolute atomic E-state index is 1.00. The van der Waals surface area contributed by atoms with Gasteiger partial charge in [-0.05, 0) is 49.9 Å². The third-order valence-corrected chi connectivity index (χ3v) is 6.09. The van der Waals surface area contributed by atoms with E-state index in [0.717, 1.165) is 31.9 Å². The maximum atomic E-state index is 4.61. The average Bonchev–Trinajstić information content (AvgIpc) is 2.86. The summed E-state index contributed by atoms with van der Waals surface area (Å²) in [6.45, 7) is 11.0. The minimum atomic E-state index is 1.00. The quantitative estimate of drug-likeness (QED) is 0.715. The van der Waals surface area contributed by atoms with Crippen molar-refractivity contribution >= 4 is 23.1 Å². The van der Waals surface area contributed by atoms with E-state index in [1.807, 2.05) is 11.8 Å². The average molecular weight is 362 g/mol. The van der Waals surface area contributed by atoms with Crippen LogP contribution in [0.25, 0.3) is 0 Å². The van der Waals surface area contributed by atoms with Gasteiger partial charge in [-0.15, -0.1) is 23.1 Å². The molecular formula is C19H27N3S2. The Morgan fingerprint density at radius 2 is 1.75 bits per heavy atom. The van der Waals surface area contributed by atoms with E-state index in [2.05, 4.69) is 58.3 Å². The lowest BCUT2D eigenvalue weighted by Crippen LogP contribution is -2.30. The van der Waals surface area contributed by atoms with Crippen LogP contribution in [-0.4, -0.2) is 46.7 Å². The van der Waals surface area contributed by atoms with Crippen molar-refractivity contribution in [2.75, 3.05) is 31.9 Å². The van der Waals surface area contributed by atoms with Crippen LogP contribution in [0.1, 0.15) is 29.6 Å². The third-order valence-electron chi connectivity index (χ3n) is 4.37. The van der Waals surface area contributed by atoms with Gasteiger partial charge in [0.1, 0.15) is 0 Å². The number of rotatable bonds is 6. The van der Waals surface area contributed by atoms with Crippen molar-refractivity contribution in [3.8, 4) is 0 Å². The second-order valence-corrected chi connectivity index (χ2v) is 8.74. The summed E-state index contributed by atoms with van der Waals surface area (Å²) >= 11 is 3.67. The first kappa shape index (κ1) is 17.9. The first-order chi connectivity index (χ1) is 11.7. The lowest BCUT2D eigenvalue weighted by atomic mass is 10.2. The van der Waals surface area contributed by atoms with Crippen LogP contribution in [0.2, 0.25) is 0 Å². The molecule has 5 heteroatoms. The predicted octanol–water partition coefficient (Wildman–Crippen LogP) is 4.27. The summed E-state index contributed by atoms with van der Waals surface area (Å²) in [4.78, 5) is 11.1. The highest BCUT2D eigenvalue weighted by atomic mass is 32.2. The first-order valence-corrected chi connectivity index (χ1v) is 10.7. The fourth-order valence-electron chi connectivity index (χ4n) is 3.17. The van der Waals surface area contributed by atoms with Crippen LogP contribution in [0, 0.1) is 6.92 Å². The summed E-state index contributed by atoms with van der Waals surface area (Å²) in [5.41, 5.74) is 2.66. The van der Waals surface area contributed by atoms with Crippen molar-refractivity contribution in [1.82, 2.24) is 14.8 Å². The summed E-state index contributed by atoms with van der Waals surface area (Å²) < 4.78 is 0. The van der Waals surface area contributed by atoms with Gasteiger partial charge in [-0.2, -0.15) is 0 Å². The molecule has 0 radical (unpaired) electrons. The Hall–Kier alpha value is -0.880. The van der Waals surface area contributed by atoms with Crippen molar-refractivity contribution < 1.29 is 0 Å². The van der Waals surface area contributed by atoms with Crippen LogP contribution < -0.4 is 0 Å². The van der Waals surface area contributed by atoms with Crippen LogP contribution in [0.3, 0.4) is 0 Å². The van der Waals surface area contributed by atoms with E-state index in [9.17, 15) is 0 Å². The maximum absolute atomic E-state index is 4.61. The van der Waals surface area contributed by atoms with Gasteiger partial charge >= 0.3 is 0 Å². The Kier molecular flexibility index (Phi) is 6.72. The van der Waals surface area contributed by atoms with Crippen LogP contribution in [0.15, 0.2) is 34.5 Å². The van der Waals surface area contributed by atoms with Gasteiger partial charge in [0.25, 0.3) is 0 Å². The van der Waals surface area contributed by atoms with Crippen molar-refractivity contribution in [2.24, 2.45) is 0 Å². The summed E-state index contributed by atoms with van der Waals surface area (Å²) in [5.74, 6) is 1.14. The monoisotopic (exact) mass is 361 g/mol. The van der Waals surface area contributed by atoms with E-state index in [0.29, 0.717) is 0 Å². The zero-order valence-corrected chi connectivity index (χ0v) is 16.3. The topological polar surface area (TPSA) is 19.4 Å². The van der Waals surface area contributed by atoms with Crippen molar-refractivity contribution in [3.63, 3.8) is 0 Å². The summed E-state index contributed by atoms with van der Waals surface area (Å²) in [6.07, 6.45) is 1.24. The van der Waals surface area contributed by atoms with Gasteiger partial charge in [0.05, 0.1) is 10.7 Å². The second kappa shape index (κ2) is 8.99. The van der Waals surface area contributed by atoms with Gasteiger partial charge in [-0.3, -0.25) is 9.80 Å². The number of thioether (sulfide) groups is 1. The predicted molar refractivity (Wildman–Crippen MR) is 105 cm³/mol. The number of thiazole rings is 1. The van der Waals surface area contributed by atoms with E-state index in [1.165, 1.54) is 40.7 Å². The third kappa shape index (κ3) is 5.31. The molecule has 1 aromatic heterocycles. The maximum Gasteiger partial charge on any atom is 0.0897 e. The highest BCUT2D eigenvalue weighted by Crippen LogP contribution is 2.19. The van der Waals surface area contributed by atoms with Crippen molar-refractivity contribution in [3.05, 3.63) is 45.9 Å². The van der Waals surface area contributed by atoms with E-state index in [4.69, 9.17) is 0 Å². The SMILES string of the molecule is CCSc1ccc(CN2CCCN(Cc3csc(C)n3)CC2)cc1. The van der Waals surface area contributed by atoms with E-state index >= 15 is 0 Å². The summed E-state index contributed by atoms with van der Waals surface area (Å²) in [7, 11) is 0. The molecule has 1 aromatic carbocycles. The first-order valence-electron chi connectivity index (χ1n) is 8.80. The van der Waals surface area contributed by atoms with Crippen LogP contribution >= 0.6 is 23.1 Å². The number of nitrogens with zero attached hydrogens (tertiary/aromatic N) is 3. The molecule has 0 aliphatic carbocycles. The normalized spacial score (nSPS) is 17.1. The van der Waals surface area contributed by atoms with Crippen molar-refractivity contribution in [1.29, 1.82) is 0 Å². The second-order valence-electron chi connectivity index (χ2n) is 6.34. The molecule has 0 spiro atoms. The van der Waals surface area contributed by atoms with Gasteiger partial charge in [0.2, 0.25) is 0 Å². The Balaban J connectivity index is 1.49. The lowest BCUT2D eigenvalue weighted by Gasteiger charge is -2.21. The van der Waals surface area contributed by atoms with Gasteiger partial charge in [-0.25, -0.2) is 4.98 Å². The van der Waals surface area contributed by atoms with Crippen LogP contribution in [-0.2, 0) is 13.1 Å². The molecule has 1 aliphatic heterocycles. The molecule has 1 saturated heterocycles. The Labute approximate surface area is 154 Å². The fraction of sp³-hybridized carbons (Fsp3) is 0.526. The molecule has 0 saturated carbocycles. The summed E-state index contributed by atoms with van der Waals surface area (Å²) in [6, 6.07) is 9.10. The van der Waals surface area contributed by atoms with E-state index in [1.54, 1.807) is 11.3 Å². The molecule has 3 rings (SSSR count). The zero-order valence-electron chi connectivity index (χ0n) is 14.7. The Morgan fingerprint density at radius 3 is 2.38 bits per heavy atom. The van der Waals surface area contributed by atoms with Crippen LogP contribution in [0.4, 0.5) is 0 Å². The standard InChI is InChI=1S/C19H27N3S2/c1-3-23-19-7-5-17(6-8-19)13-21-9-4-10-22(12-11-21)14-18-15-24-16(2)20-18/h5-8,15H,3-4,9-14H2,1-2H3. The molecule has 2 heterocycles. The van der Waals surface area contributed by atoms with E-state index in [-0.39, 0.29) is 0 Å². The number of aromatic nitrogens is 1. The number of benzene rings is 1.